The van der Waals surface area contributed by atoms with Crippen LogP contribution in [0.4, 0.5) is 11.4 Å². The summed E-state index contributed by atoms with van der Waals surface area (Å²) < 4.78 is 5.37. The van der Waals surface area contributed by atoms with E-state index >= 15 is 0 Å². The van der Waals surface area contributed by atoms with Crippen molar-refractivity contribution in [2.45, 2.75) is 6.10 Å². The molecule has 0 amide bonds. The van der Waals surface area contributed by atoms with E-state index in [4.69, 9.17) is 15.7 Å². The molecule has 5 heteroatoms. The van der Waals surface area contributed by atoms with Crippen LogP contribution in [-0.4, -0.2) is 30.8 Å². The molecule has 0 spiro atoms. The lowest BCUT2D eigenvalue weighted by Crippen LogP contribution is -2.41. The number of nitrogens with zero attached hydrogens (tertiary/aromatic N) is 3. The molecule has 0 saturated carbocycles. The Morgan fingerprint density at radius 3 is 3.11 bits per heavy atom. The van der Waals surface area contributed by atoms with Crippen LogP contribution in [0.15, 0.2) is 30.6 Å². The fourth-order valence-electron chi connectivity index (χ4n) is 2.42. The zero-order valence-electron chi connectivity index (χ0n) is 10.4. The minimum atomic E-state index is -0.372. The van der Waals surface area contributed by atoms with Crippen LogP contribution in [0.3, 0.4) is 0 Å². The first-order valence-corrected chi connectivity index (χ1v) is 6.18. The van der Waals surface area contributed by atoms with Gasteiger partial charge in [-0.3, -0.25) is 4.98 Å². The van der Waals surface area contributed by atoms with E-state index in [1.807, 2.05) is 18.2 Å². The Hall–Kier alpha value is -2.32. The molecule has 5 nitrogen and oxygen atoms in total. The van der Waals surface area contributed by atoms with E-state index in [-0.39, 0.29) is 6.10 Å². The summed E-state index contributed by atoms with van der Waals surface area (Å²) in [6.45, 7) is 1.92. The Morgan fingerprint density at radius 2 is 2.26 bits per heavy atom. The second-order valence-electron chi connectivity index (χ2n) is 4.53. The second-order valence-corrected chi connectivity index (χ2v) is 4.53. The fourth-order valence-corrected chi connectivity index (χ4v) is 2.42. The van der Waals surface area contributed by atoms with Crippen molar-refractivity contribution in [3.05, 3.63) is 30.6 Å². The largest absolute Gasteiger partial charge is 0.398 e. The molecule has 1 aliphatic rings. The van der Waals surface area contributed by atoms with Crippen LogP contribution >= 0.6 is 0 Å². The van der Waals surface area contributed by atoms with Gasteiger partial charge in [-0.25, -0.2) is 0 Å². The number of pyridine rings is 1. The Morgan fingerprint density at radius 1 is 1.37 bits per heavy atom. The topological polar surface area (TPSA) is 75.2 Å². The number of aromatic nitrogens is 1. The molecular formula is C14H14N4O. The summed E-state index contributed by atoms with van der Waals surface area (Å²) in [6.07, 6.45) is 3.16. The van der Waals surface area contributed by atoms with Gasteiger partial charge in [0.15, 0.2) is 6.10 Å². The van der Waals surface area contributed by atoms with Crippen molar-refractivity contribution >= 4 is 22.1 Å². The number of nitrogen functional groups attached to an aromatic ring is 1. The highest BCUT2D eigenvalue weighted by Gasteiger charge is 2.21. The fraction of sp³-hybridized carbons (Fsp3) is 0.286. The van der Waals surface area contributed by atoms with Crippen molar-refractivity contribution in [3.63, 3.8) is 0 Å². The summed E-state index contributed by atoms with van der Waals surface area (Å²) in [6, 6.07) is 8.00. The van der Waals surface area contributed by atoms with Crippen molar-refractivity contribution in [1.29, 1.82) is 5.26 Å². The van der Waals surface area contributed by atoms with Crippen LogP contribution in [0.5, 0.6) is 0 Å². The van der Waals surface area contributed by atoms with Gasteiger partial charge >= 0.3 is 0 Å². The monoisotopic (exact) mass is 254 g/mol. The van der Waals surface area contributed by atoms with Gasteiger partial charge in [0.25, 0.3) is 0 Å². The Labute approximate surface area is 111 Å². The van der Waals surface area contributed by atoms with Gasteiger partial charge in [0.05, 0.1) is 19.2 Å². The third-order valence-corrected chi connectivity index (χ3v) is 3.38. The number of hydrogen-bond donors (Lipinski definition) is 1. The van der Waals surface area contributed by atoms with E-state index in [0.717, 1.165) is 28.7 Å². The molecule has 1 unspecified atom stereocenters. The molecule has 0 bridgehead atoms. The predicted molar refractivity (Wildman–Crippen MR) is 73.7 cm³/mol. The lowest BCUT2D eigenvalue weighted by Gasteiger charge is -2.32. The predicted octanol–water partition coefficient (Wildman–Crippen LogP) is 1.55. The average molecular weight is 254 g/mol. The zero-order chi connectivity index (χ0) is 13.2. The maximum absolute atomic E-state index is 8.98. The van der Waals surface area contributed by atoms with Crippen molar-refractivity contribution in [2.75, 3.05) is 30.3 Å². The summed E-state index contributed by atoms with van der Waals surface area (Å²) >= 11 is 0. The molecular weight excluding hydrogens is 240 g/mol. The molecule has 1 atom stereocenters. The van der Waals surface area contributed by atoms with Crippen LogP contribution in [0.1, 0.15) is 0 Å². The van der Waals surface area contributed by atoms with Gasteiger partial charge in [-0.2, -0.15) is 5.26 Å². The van der Waals surface area contributed by atoms with Gasteiger partial charge in [0, 0.05) is 41.1 Å². The molecule has 1 aliphatic heterocycles. The smallest absolute Gasteiger partial charge is 0.161 e. The first kappa shape index (κ1) is 11.8. The highest BCUT2D eigenvalue weighted by molar-refractivity contribution is 6.00. The quantitative estimate of drug-likeness (QED) is 0.781. The number of ether oxygens (including phenoxy) is 1. The number of benzene rings is 1. The van der Waals surface area contributed by atoms with Crippen LogP contribution < -0.4 is 10.6 Å². The summed E-state index contributed by atoms with van der Waals surface area (Å²) in [5.74, 6) is 0. The van der Waals surface area contributed by atoms with Gasteiger partial charge in [-0.15, -0.1) is 0 Å². The highest BCUT2D eigenvalue weighted by atomic mass is 16.5. The van der Waals surface area contributed by atoms with E-state index in [0.29, 0.717) is 13.2 Å². The second kappa shape index (κ2) is 4.75. The molecule has 3 rings (SSSR count). The number of morpholine rings is 1. The van der Waals surface area contributed by atoms with E-state index in [1.54, 1.807) is 12.4 Å². The molecule has 0 radical (unpaired) electrons. The maximum atomic E-state index is 8.98. The first-order valence-electron chi connectivity index (χ1n) is 6.18. The van der Waals surface area contributed by atoms with Gasteiger partial charge in [0.2, 0.25) is 0 Å². The molecule has 2 aromatic rings. The van der Waals surface area contributed by atoms with Gasteiger partial charge < -0.3 is 15.4 Å². The third kappa shape index (κ3) is 2.07. The Kier molecular flexibility index (Phi) is 2.94. The zero-order valence-corrected chi connectivity index (χ0v) is 10.4. The van der Waals surface area contributed by atoms with E-state index in [2.05, 4.69) is 16.0 Å². The number of fused-ring (bicyclic) bond motifs is 1. The van der Waals surface area contributed by atoms with E-state index in [1.165, 1.54) is 0 Å². The molecule has 19 heavy (non-hydrogen) atoms. The van der Waals surface area contributed by atoms with Gasteiger partial charge in [-0.1, -0.05) is 0 Å². The minimum absolute atomic E-state index is 0.372. The molecule has 1 saturated heterocycles. The van der Waals surface area contributed by atoms with E-state index in [9.17, 15) is 0 Å². The Bertz CT molecular complexity index is 649. The number of nitriles is 1. The van der Waals surface area contributed by atoms with Crippen molar-refractivity contribution in [1.82, 2.24) is 4.98 Å². The van der Waals surface area contributed by atoms with Crippen LogP contribution in [0.2, 0.25) is 0 Å². The molecule has 2 heterocycles. The van der Waals surface area contributed by atoms with Crippen molar-refractivity contribution < 1.29 is 4.74 Å². The summed E-state index contributed by atoms with van der Waals surface area (Å²) in [5.41, 5.74) is 7.77. The maximum Gasteiger partial charge on any atom is 0.161 e. The lowest BCUT2D eigenvalue weighted by molar-refractivity contribution is 0.0765. The van der Waals surface area contributed by atoms with Crippen LogP contribution in [0.25, 0.3) is 10.8 Å². The number of anilines is 2. The number of hydrogen-bond acceptors (Lipinski definition) is 5. The number of nitrogens with two attached hydrogens (primary N) is 1. The van der Waals surface area contributed by atoms with Gasteiger partial charge in [-0.05, 0) is 18.2 Å². The molecule has 1 aromatic carbocycles. The van der Waals surface area contributed by atoms with Gasteiger partial charge in [0.1, 0.15) is 0 Å². The van der Waals surface area contributed by atoms with Crippen LogP contribution in [-0.2, 0) is 4.74 Å². The van der Waals surface area contributed by atoms with Crippen molar-refractivity contribution in [3.8, 4) is 6.07 Å². The lowest BCUT2D eigenvalue weighted by atomic mass is 10.1. The van der Waals surface area contributed by atoms with Crippen molar-refractivity contribution in [2.24, 2.45) is 0 Å². The average Bonchev–Trinajstić information content (AvgIpc) is 2.48. The number of rotatable bonds is 1. The van der Waals surface area contributed by atoms with E-state index < -0.39 is 0 Å². The normalized spacial score (nSPS) is 19.3. The Balaban J connectivity index is 2.06. The summed E-state index contributed by atoms with van der Waals surface area (Å²) in [7, 11) is 0. The third-order valence-electron chi connectivity index (χ3n) is 3.38. The molecule has 1 aromatic heterocycles. The summed E-state index contributed by atoms with van der Waals surface area (Å²) in [5, 5.41) is 11.0. The molecule has 1 fully saturated rings. The highest BCUT2D eigenvalue weighted by Crippen LogP contribution is 2.31. The minimum Gasteiger partial charge on any atom is -0.398 e. The summed E-state index contributed by atoms with van der Waals surface area (Å²) in [4.78, 5) is 6.28. The SMILES string of the molecule is N#CC1CN(c2ccc(N)c3cnccc23)CCO1. The molecule has 2 N–H and O–H groups in total. The van der Waals surface area contributed by atoms with Crippen LogP contribution in [0, 0.1) is 11.3 Å². The standard InChI is InChI=1S/C14H14N4O/c15-7-10-9-18(5-6-19-10)14-2-1-13(16)12-8-17-4-3-11(12)14/h1-4,8,10H,5-6,9,16H2. The first-order chi connectivity index (χ1) is 9.29. The molecule has 0 aliphatic carbocycles. The molecule has 96 valence electrons.